The van der Waals surface area contributed by atoms with Gasteiger partial charge in [0.2, 0.25) is 27.9 Å². The number of nitrogens with zero attached hydrogens (tertiary/aromatic N) is 3. The van der Waals surface area contributed by atoms with Crippen LogP contribution in [0.4, 0.5) is 23.5 Å². The Morgan fingerprint density at radius 1 is 0.871 bits per heavy atom. The van der Waals surface area contributed by atoms with Gasteiger partial charge in [0.25, 0.3) is 0 Å². The van der Waals surface area contributed by atoms with Crippen LogP contribution in [0.15, 0.2) is 18.2 Å². The summed E-state index contributed by atoms with van der Waals surface area (Å²) in [6, 6.07) is 3.43. The summed E-state index contributed by atoms with van der Waals surface area (Å²) in [5.41, 5.74) is -0.387. The minimum atomic E-state index is -3.36. The molecule has 0 spiro atoms. The van der Waals surface area contributed by atoms with Gasteiger partial charge >= 0.3 is 11.9 Å². The number of aromatic carboxylic acids is 2. The Bertz CT molecular complexity index is 1030. The number of aliphatic hydroxyl groups excluding tert-OH is 1. The molecule has 1 heterocycles. The fourth-order valence-corrected chi connectivity index (χ4v) is 2.72. The van der Waals surface area contributed by atoms with Crippen molar-refractivity contribution in [2.45, 2.75) is 0 Å². The normalized spacial score (nSPS) is 11.0. The van der Waals surface area contributed by atoms with Gasteiger partial charge in [0.05, 0.1) is 24.0 Å². The second kappa shape index (κ2) is 10.5. The standard InChI is InChI=1S/C16H21N7O7S/c1-31(29,30)19-3-2-17-14-21-15(18-4-5-24)23-16(22-14)20-11-7-9(12(25)26)6-10(8-11)13(27)28/h6-8,19,24H,2-5H2,1H3,(H,25,26)(H,27,28)(H3,17,18,20,21,22,23). The van der Waals surface area contributed by atoms with Crippen LogP contribution < -0.4 is 20.7 Å². The maximum atomic E-state index is 11.3. The molecule has 0 aliphatic carbocycles. The van der Waals surface area contributed by atoms with Gasteiger partial charge in [-0.05, 0) is 18.2 Å². The van der Waals surface area contributed by atoms with Gasteiger partial charge in [0.15, 0.2) is 0 Å². The number of hydrogen-bond acceptors (Lipinski definition) is 11. The summed E-state index contributed by atoms with van der Waals surface area (Å²) in [5.74, 6) is -2.55. The molecule has 0 saturated heterocycles. The molecule has 0 aliphatic rings. The fraction of sp³-hybridized carbons (Fsp3) is 0.312. The molecular weight excluding hydrogens is 434 g/mol. The minimum absolute atomic E-state index is 0.0483. The Morgan fingerprint density at radius 3 is 1.87 bits per heavy atom. The van der Waals surface area contributed by atoms with Gasteiger partial charge in [-0.15, -0.1) is 0 Å². The first kappa shape index (κ1) is 23.7. The molecule has 0 bridgehead atoms. The van der Waals surface area contributed by atoms with Crippen molar-refractivity contribution < 1.29 is 33.3 Å². The Morgan fingerprint density at radius 2 is 1.39 bits per heavy atom. The first-order chi connectivity index (χ1) is 14.6. The maximum Gasteiger partial charge on any atom is 0.335 e. The topological polar surface area (TPSA) is 216 Å². The highest BCUT2D eigenvalue weighted by Crippen LogP contribution is 2.20. The van der Waals surface area contributed by atoms with Gasteiger partial charge in [-0.2, -0.15) is 15.0 Å². The van der Waals surface area contributed by atoms with E-state index in [0.717, 1.165) is 12.3 Å². The van der Waals surface area contributed by atoms with Crippen LogP contribution in [0.5, 0.6) is 0 Å². The molecule has 7 N–H and O–H groups in total. The van der Waals surface area contributed by atoms with E-state index in [2.05, 4.69) is 35.6 Å². The molecule has 1 aromatic carbocycles. The number of anilines is 4. The van der Waals surface area contributed by atoms with Crippen LogP contribution in [0, 0.1) is 0 Å². The highest BCUT2D eigenvalue weighted by molar-refractivity contribution is 7.88. The van der Waals surface area contributed by atoms with E-state index in [1.807, 2.05) is 0 Å². The quantitative estimate of drug-likeness (QED) is 0.199. The van der Waals surface area contributed by atoms with Crippen LogP contribution in [0.25, 0.3) is 0 Å². The third-order valence-electron chi connectivity index (χ3n) is 3.49. The molecule has 15 heteroatoms. The SMILES string of the molecule is CS(=O)(=O)NCCNc1nc(NCCO)nc(Nc2cc(C(=O)O)cc(C(=O)O)c2)n1. The Hall–Kier alpha value is -3.56. The first-order valence-electron chi connectivity index (χ1n) is 8.75. The van der Waals surface area contributed by atoms with E-state index >= 15 is 0 Å². The zero-order valence-corrected chi connectivity index (χ0v) is 17.1. The van der Waals surface area contributed by atoms with Crippen LogP contribution in [0.3, 0.4) is 0 Å². The van der Waals surface area contributed by atoms with Gasteiger partial charge < -0.3 is 31.3 Å². The van der Waals surface area contributed by atoms with Gasteiger partial charge in [0, 0.05) is 25.3 Å². The van der Waals surface area contributed by atoms with E-state index in [0.29, 0.717) is 0 Å². The van der Waals surface area contributed by atoms with Gasteiger partial charge in [-0.25, -0.2) is 22.7 Å². The number of aromatic nitrogens is 3. The lowest BCUT2D eigenvalue weighted by molar-refractivity contribution is 0.0696. The maximum absolute atomic E-state index is 11.3. The number of benzene rings is 1. The predicted molar refractivity (Wildman–Crippen MR) is 110 cm³/mol. The molecule has 0 radical (unpaired) electrons. The van der Waals surface area contributed by atoms with Crippen molar-refractivity contribution in [3.8, 4) is 0 Å². The summed E-state index contributed by atoms with van der Waals surface area (Å²) in [7, 11) is -3.36. The molecule has 0 fully saturated rings. The third kappa shape index (κ3) is 8.00. The summed E-state index contributed by atoms with van der Waals surface area (Å²) < 4.78 is 24.5. The van der Waals surface area contributed by atoms with E-state index in [-0.39, 0.29) is 60.9 Å². The number of carbonyl (C=O) groups is 2. The molecule has 31 heavy (non-hydrogen) atoms. The van der Waals surface area contributed by atoms with Crippen molar-refractivity contribution in [1.29, 1.82) is 0 Å². The lowest BCUT2D eigenvalue weighted by Crippen LogP contribution is -2.28. The largest absolute Gasteiger partial charge is 0.478 e. The smallest absolute Gasteiger partial charge is 0.335 e. The number of rotatable bonds is 12. The van der Waals surface area contributed by atoms with E-state index in [4.69, 9.17) is 5.11 Å². The van der Waals surface area contributed by atoms with Crippen molar-refractivity contribution in [2.24, 2.45) is 0 Å². The highest BCUT2D eigenvalue weighted by Gasteiger charge is 2.13. The molecule has 14 nitrogen and oxygen atoms in total. The van der Waals surface area contributed by atoms with Crippen LogP contribution in [0.1, 0.15) is 20.7 Å². The average molecular weight is 455 g/mol. The second-order valence-corrected chi connectivity index (χ2v) is 7.92. The van der Waals surface area contributed by atoms with Crippen LogP contribution in [0.2, 0.25) is 0 Å². The van der Waals surface area contributed by atoms with Crippen LogP contribution in [-0.4, -0.2) is 83.1 Å². The molecule has 1 aromatic heterocycles. The highest BCUT2D eigenvalue weighted by atomic mass is 32.2. The van der Waals surface area contributed by atoms with Crippen LogP contribution in [-0.2, 0) is 10.0 Å². The molecular formula is C16H21N7O7S. The number of sulfonamides is 1. The monoisotopic (exact) mass is 455 g/mol. The lowest BCUT2D eigenvalue weighted by atomic mass is 10.1. The lowest BCUT2D eigenvalue weighted by Gasteiger charge is -2.12. The Balaban J connectivity index is 2.28. The van der Waals surface area contributed by atoms with Crippen molar-refractivity contribution in [3.05, 3.63) is 29.3 Å². The summed E-state index contributed by atoms with van der Waals surface area (Å²) >= 11 is 0. The van der Waals surface area contributed by atoms with Gasteiger partial charge in [-0.1, -0.05) is 0 Å². The number of aliphatic hydroxyl groups is 1. The number of carboxylic acids is 2. The molecule has 0 amide bonds. The molecule has 0 saturated carbocycles. The first-order valence-corrected chi connectivity index (χ1v) is 10.6. The zero-order valence-electron chi connectivity index (χ0n) is 16.3. The minimum Gasteiger partial charge on any atom is -0.478 e. The molecule has 0 unspecified atom stereocenters. The van der Waals surface area contributed by atoms with Crippen molar-refractivity contribution in [2.75, 3.05) is 48.4 Å². The van der Waals surface area contributed by atoms with E-state index in [9.17, 15) is 28.2 Å². The molecule has 168 valence electrons. The van der Waals surface area contributed by atoms with Crippen LogP contribution >= 0.6 is 0 Å². The molecule has 0 aliphatic heterocycles. The van der Waals surface area contributed by atoms with E-state index in [1.165, 1.54) is 12.1 Å². The predicted octanol–water partition coefficient (Wildman–Crippen LogP) is -0.623. The average Bonchev–Trinajstić information content (AvgIpc) is 2.68. The van der Waals surface area contributed by atoms with E-state index in [1.54, 1.807) is 0 Å². The molecule has 2 rings (SSSR count). The third-order valence-corrected chi connectivity index (χ3v) is 4.21. The Labute approximate surface area is 176 Å². The van der Waals surface area contributed by atoms with Gasteiger partial charge in [-0.3, -0.25) is 0 Å². The summed E-state index contributed by atoms with van der Waals surface area (Å²) in [6.45, 7) is 0.150. The molecule has 2 aromatic rings. The molecule has 0 atom stereocenters. The number of carboxylic acid groups (broad SMARTS) is 2. The number of hydrogen-bond donors (Lipinski definition) is 7. The van der Waals surface area contributed by atoms with Crippen molar-refractivity contribution >= 4 is 45.5 Å². The van der Waals surface area contributed by atoms with E-state index < -0.39 is 22.0 Å². The Kier molecular flexibility index (Phi) is 8.00. The summed E-state index contributed by atoms with van der Waals surface area (Å²) in [6.07, 6.45) is 1.02. The van der Waals surface area contributed by atoms with Crippen molar-refractivity contribution in [1.82, 2.24) is 19.7 Å². The second-order valence-electron chi connectivity index (χ2n) is 6.08. The summed E-state index contributed by atoms with van der Waals surface area (Å²) in [4.78, 5) is 34.8. The van der Waals surface area contributed by atoms with Crippen molar-refractivity contribution in [3.63, 3.8) is 0 Å². The number of nitrogens with one attached hydrogen (secondary N) is 4. The van der Waals surface area contributed by atoms with Gasteiger partial charge in [0.1, 0.15) is 0 Å². The summed E-state index contributed by atoms with van der Waals surface area (Å²) in [5, 5.41) is 35.6. The zero-order chi connectivity index (χ0) is 23.0. The fourth-order valence-electron chi connectivity index (χ4n) is 2.24.